The molecule has 2 aromatic heterocycles. The average Bonchev–Trinajstić information content (AvgIpc) is 2.62. The van der Waals surface area contributed by atoms with Crippen LogP contribution in [-0.2, 0) is 5.67 Å². The lowest BCUT2D eigenvalue weighted by Gasteiger charge is -2.14. The smallest absolute Gasteiger partial charge is 0.255 e. The van der Waals surface area contributed by atoms with Crippen LogP contribution in [0.1, 0.15) is 35.5 Å². The van der Waals surface area contributed by atoms with Gasteiger partial charge in [-0.05, 0) is 62.2 Å². The van der Waals surface area contributed by atoms with E-state index < -0.39 is 5.67 Å². The Morgan fingerprint density at radius 3 is 2.67 bits per heavy atom. The molecule has 0 saturated heterocycles. The number of carbonyl (C=O) groups is 1. The van der Waals surface area contributed by atoms with E-state index in [-0.39, 0.29) is 11.6 Å². The van der Waals surface area contributed by atoms with Crippen LogP contribution in [-0.4, -0.2) is 21.1 Å². The van der Waals surface area contributed by atoms with Crippen molar-refractivity contribution in [3.63, 3.8) is 0 Å². The molecule has 7 heteroatoms. The molecule has 0 spiro atoms. The van der Waals surface area contributed by atoms with Gasteiger partial charge in [-0.15, -0.1) is 5.10 Å². The number of halogens is 2. The first-order chi connectivity index (χ1) is 12.7. The summed E-state index contributed by atoms with van der Waals surface area (Å²) in [5.74, 6) is -0.344. The maximum atomic E-state index is 14.1. The monoisotopic (exact) mass is 384 g/mol. The summed E-state index contributed by atoms with van der Waals surface area (Å²) >= 11 is 5.92. The Bertz CT molecular complexity index is 1000. The number of amides is 1. The fourth-order valence-corrected chi connectivity index (χ4v) is 2.76. The van der Waals surface area contributed by atoms with Crippen molar-refractivity contribution in [3.05, 3.63) is 70.8 Å². The Morgan fingerprint density at radius 1 is 1.19 bits per heavy atom. The molecular weight excluding hydrogens is 367 g/mol. The quantitative estimate of drug-likeness (QED) is 0.690. The number of hydrogen-bond donors (Lipinski definition) is 1. The molecule has 0 saturated carbocycles. The summed E-state index contributed by atoms with van der Waals surface area (Å²) in [5, 5.41) is 10.7. The van der Waals surface area contributed by atoms with Crippen LogP contribution >= 0.6 is 11.6 Å². The Morgan fingerprint density at radius 2 is 1.96 bits per heavy atom. The second-order valence-corrected chi connectivity index (χ2v) is 7.04. The van der Waals surface area contributed by atoms with Gasteiger partial charge >= 0.3 is 0 Å². The number of hydrogen-bond acceptors (Lipinski definition) is 4. The van der Waals surface area contributed by atoms with Gasteiger partial charge in [-0.2, -0.15) is 5.10 Å². The maximum absolute atomic E-state index is 14.1. The molecule has 1 aromatic carbocycles. The molecule has 0 aliphatic rings. The summed E-state index contributed by atoms with van der Waals surface area (Å²) in [6.07, 6.45) is 3.04. The van der Waals surface area contributed by atoms with Gasteiger partial charge in [-0.25, -0.2) is 4.39 Å². The van der Waals surface area contributed by atoms with Gasteiger partial charge in [-0.1, -0.05) is 17.7 Å². The molecule has 0 radical (unpaired) electrons. The molecule has 1 amide bonds. The van der Waals surface area contributed by atoms with Gasteiger partial charge in [0.1, 0.15) is 5.67 Å². The van der Waals surface area contributed by atoms with Crippen molar-refractivity contribution < 1.29 is 9.18 Å². The van der Waals surface area contributed by atoms with Crippen LogP contribution in [0.25, 0.3) is 11.1 Å². The maximum Gasteiger partial charge on any atom is 0.255 e. The molecule has 0 bridgehead atoms. The van der Waals surface area contributed by atoms with E-state index in [0.29, 0.717) is 16.4 Å². The highest BCUT2D eigenvalue weighted by Crippen LogP contribution is 2.28. The number of benzene rings is 1. The Balaban J connectivity index is 1.88. The minimum absolute atomic E-state index is 0.206. The first-order valence-electron chi connectivity index (χ1n) is 8.30. The number of aromatic nitrogens is 3. The second-order valence-electron chi connectivity index (χ2n) is 6.65. The fraction of sp³-hybridized carbons (Fsp3) is 0.200. The SMILES string of the molecule is Cc1ccc(NC(=O)c2ccnc(C(C)(C)F)c2)cc1-c1cnnc(Cl)c1. The zero-order valence-corrected chi connectivity index (χ0v) is 15.9. The van der Waals surface area contributed by atoms with E-state index in [2.05, 4.69) is 20.5 Å². The lowest BCUT2D eigenvalue weighted by Crippen LogP contribution is -2.16. The zero-order chi connectivity index (χ0) is 19.6. The van der Waals surface area contributed by atoms with Crippen LogP contribution in [0.4, 0.5) is 10.1 Å². The Labute approximate surface area is 161 Å². The van der Waals surface area contributed by atoms with Gasteiger partial charge in [0, 0.05) is 23.0 Å². The number of nitrogens with zero attached hydrogens (tertiary/aromatic N) is 3. The highest BCUT2D eigenvalue weighted by atomic mass is 35.5. The molecule has 1 N–H and O–H groups in total. The van der Waals surface area contributed by atoms with Crippen LogP contribution in [0.5, 0.6) is 0 Å². The van der Waals surface area contributed by atoms with E-state index in [1.165, 1.54) is 26.1 Å². The number of carbonyl (C=O) groups excluding carboxylic acids is 1. The topological polar surface area (TPSA) is 67.8 Å². The third kappa shape index (κ3) is 4.46. The zero-order valence-electron chi connectivity index (χ0n) is 15.1. The molecule has 0 aliphatic heterocycles. The first-order valence-corrected chi connectivity index (χ1v) is 8.68. The van der Waals surface area contributed by atoms with Crippen LogP contribution in [0.2, 0.25) is 5.15 Å². The van der Waals surface area contributed by atoms with E-state index >= 15 is 0 Å². The normalized spacial score (nSPS) is 11.3. The summed E-state index contributed by atoms with van der Waals surface area (Å²) in [4.78, 5) is 16.6. The first kappa shape index (κ1) is 18.9. The fourth-order valence-electron chi connectivity index (χ4n) is 2.60. The number of rotatable bonds is 4. The number of pyridine rings is 1. The molecule has 0 atom stereocenters. The predicted octanol–water partition coefficient (Wildman–Crippen LogP) is 4.96. The standard InChI is InChI=1S/C20H18ClFN4O/c1-12-4-5-15(10-16(12)14-9-18(21)26-24-11-14)25-19(27)13-6-7-23-17(8-13)20(2,3)22/h4-11H,1-3H3,(H,25,27). The molecule has 0 aliphatic carbocycles. The van der Waals surface area contributed by atoms with Gasteiger partial charge in [0.15, 0.2) is 5.15 Å². The molecule has 3 aromatic rings. The summed E-state index contributed by atoms with van der Waals surface area (Å²) < 4.78 is 14.1. The largest absolute Gasteiger partial charge is 0.322 e. The van der Waals surface area contributed by atoms with Crippen molar-refractivity contribution in [3.8, 4) is 11.1 Å². The van der Waals surface area contributed by atoms with Crippen molar-refractivity contribution in [1.29, 1.82) is 0 Å². The highest BCUT2D eigenvalue weighted by molar-refractivity contribution is 6.29. The Kier molecular flexibility index (Phi) is 5.19. The highest BCUT2D eigenvalue weighted by Gasteiger charge is 2.21. The molecule has 2 heterocycles. The lowest BCUT2D eigenvalue weighted by molar-refractivity contribution is 0.102. The van der Waals surface area contributed by atoms with Crippen LogP contribution in [0.15, 0.2) is 48.8 Å². The number of nitrogens with one attached hydrogen (secondary N) is 1. The van der Waals surface area contributed by atoms with Crippen molar-refractivity contribution >= 4 is 23.2 Å². The van der Waals surface area contributed by atoms with E-state index in [4.69, 9.17) is 11.6 Å². The van der Waals surface area contributed by atoms with E-state index in [1.54, 1.807) is 24.4 Å². The van der Waals surface area contributed by atoms with Gasteiger partial charge in [0.25, 0.3) is 5.91 Å². The molecule has 3 rings (SSSR count). The third-order valence-electron chi connectivity index (χ3n) is 4.06. The number of alkyl halides is 1. The molecule has 0 fully saturated rings. The van der Waals surface area contributed by atoms with E-state index in [9.17, 15) is 9.18 Å². The Hall–Kier alpha value is -2.86. The average molecular weight is 385 g/mol. The third-order valence-corrected chi connectivity index (χ3v) is 4.25. The van der Waals surface area contributed by atoms with Crippen molar-refractivity contribution in [1.82, 2.24) is 15.2 Å². The lowest BCUT2D eigenvalue weighted by atomic mass is 10.0. The van der Waals surface area contributed by atoms with Crippen molar-refractivity contribution in [2.75, 3.05) is 5.32 Å². The number of aryl methyl sites for hydroxylation is 1. The molecule has 5 nitrogen and oxygen atoms in total. The molecule has 27 heavy (non-hydrogen) atoms. The van der Waals surface area contributed by atoms with Gasteiger partial charge in [0.2, 0.25) is 0 Å². The predicted molar refractivity (Wildman–Crippen MR) is 104 cm³/mol. The molecule has 138 valence electrons. The van der Waals surface area contributed by atoms with Gasteiger partial charge in [-0.3, -0.25) is 9.78 Å². The van der Waals surface area contributed by atoms with Crippen LogP contribution in [0.3, 0.4) is 0 Å². The minimum Gasteiger partial charge on any atom is -0.322 e. The van der Waals surface area contributed by atoms with E-state index in [1.807, 2.05) is 19.1 Å². The summed E-state index contributed by atoms with van der Waals surface area (Å²) in [5.41, 5.74) is 2.20. The second kappa shape index (κ2) is 7.40. The summed E-state index contributed by atoms with van der Waals surface area (Å²) in [7, 11) is 0. The number of anilines is 1. The minimum atomic E-state index is -1.62. The van der Waals surface area contributed by atoms with E-state index in [0.717, 1.165) is 16.7 Å². The molecule has 0 unspecified atom stereocenters. The van der Waals surface area contributed by atoms with Crippen molar-refractivity contribution in [2.24, 2.45) is 0 Å². The molecular formula is C20H18ClFN4O. The van der Waals surface area contributed by atoms with Crippen LogP contribution in [0, 0.1) is 6.92 Å². The van der Waals surface area contributed by atoms with Crippen LogP contribution < -0.4 is 5.32 Å². The van der Waals surface area contributed by atoms with Crippen molar-refractivity contribution in [2.45, 2.75) is 26.4 Å². The van der Waals surface area contributed by atoms with Gasteiger partial charge in [0.05, 0.1) is 11.9 Å². The van der Waals surface area contributed by atoms with Gasteiger partial charge < -0.3 is 5.32 Å². The summed E-state index contributed by atoms with van der Waals surface area (Å²) in [6, 6.07) is 10.2. The summed E-state index contributed by atoms with van der Waals surface area (Å²) in [6.45, 7) is 4.75.